The van der Waals surface area contributed by atoms with Gasteiger partial charge in [-0.1, -0.05) is 32.0 Å². The van der Waals surface area contributed by atoms with Crippen molar-refractivity contribution in [3.05, 3.63) is 30.3 Å². The van der Waals surface area contributed by atoms with Crippen LogP contribution in [0.4, 0.5) is 5.69 Å². The standard InChI is InChI=1S/C22H32N2O.ClH/c1-17(2)18-8-10-19(11-9-18)23-14-12-22(13-15-23)16-21(25)24(22)20-6-4-3-5-7-20;/h3-7,17-19H,8-16H2,1-2H3;1H/t18-,19+;. The molecule has 1 aliphatic carbocycles. The molecule has 3 nitrogen and oxygen atoms in total. The fourth-order valence-corrected chi connectivity index (χ4v) is 5.45. The lowest BCUT2D eigenvalue weighted by atomic mass is 9.74. The Balaban J connectivity index is 0.00000196. The average molecular weight is 377 g/mol. The molecule has 1 aromatic carbocycles. The van der Waals surface area contributed by atoms with Gasteiger partial charge in [0.05, 0.1) is 12.0 Å². The number of benzene rings is 1. The van der Waals surface area contributed by atoms with Crippen LogP contribution in [0.25, 0.3) is 0 Å². The maximum absolute atomic E-state index is 12.3. The SMILES string of the molecule is CC(C)[C@H]1CC[C@@H](N2CCC3(CC2)CC(=O)N3c2ccccc2)CC1.Cl. The number of carbonyl (C=O) groups excluding carboxylic acids is 1. The van der Waals surface area contributed by atoms with E-state index in [0.717, 1.165) is 55.9 Å². The summed E-state index contributed by atoms with van der Waals surface area (Å²) in [6, 6.07) is 11.1. The molecule has 2 saturated heterocycles. The van der Waals surface area contributed by atoms with Crippen LogP contribution in [0.5, 0.6) is 0 Å². The van der Waals surface area contributed by atoms with Gasteiger partial charge >= 0.3 is 0 Å². The van der Waals surface area contributed by atoms with Gasteiger partial charge in [-0.15, -0.1) is 12.4 Å². The molecular formula is C22H33ClN2O. The number of β-lactam (4-membered cyclic amide) rings is 1. The van der Waals surface area contributed by atoms with Crippen molar-refractivity contribution < 1.29 is 4.79 Å². The fraction of sp³-hybridized carbons (Fsp3) is 0.682. The molecule has 26 heavy (non-hydrogen) atoms. The molecule has 3 fully saturated rings. The fourth-order valence-electron chi connectivity index (χ4n) is 5.45. The number of rotatable bonds is 3. The number of amides is 1. The number of halogens is 1. The smallest absolute Gasteiger partial charge is 0.229 e. The number of anilines is 1. The largest absolute Gasteiger partial charge is 0.306 e. The highest BCUT2D eigenvalue weighted by atomic mass is 35.5. The Labute approximate surface area is 164 Å². The Hall–Kier alpha value is -1.06. The van der Waals surface area contributed by atoms with Gasteiger partial charge in [0.25, 0.3) is 0 Å². The second kappa shape index (κ2) is 7.90. The van der Waals surface area contributed by atoms with Gasteiger partial charge in [-0.25, -0.2) is 0 Å². The molecule has 1 aromatic rings. The molecule has 0 N–H and O–H groups in total. The Bertz CT molecular complexity index is 602. The van der Waals surface area contributed by atoms with Gasteiger partial charge in [0.2, 0.25) is 5.91 Å². The third kappa shape index (κ3) is 3.53. The number of hydrogen-bond donors (Lipinski definition) is 0. The van der Waals surface area contributed by atoms with Crippen LogP contribution >= 0.6 is 12.4 Å². The van der Waals surface area contributed by atoms with E-state index in [4.69, 9.17) is 0 Å². The highest BCUT2D eigenvalue weighted by Gasteiger charge is 2.53. The lowest BCUT2D eigenvalue weighted by Crippen LogP contribution is -2.68. The van der Waals surface area contributed by atoms with E-state index >= 15 is 0 Å². The van der Waals surface area contributed by atoms with Crippen LogP contribution in [0.15, 0.2) is 30.3 Å². The lowest BCUT2D eigenvalue weighted by molar-refractivity contribution is -0.129. The summed E-state index contributed by atoms with van der Waals surface area (Å²) < 4.78 is 0. The van der Waals surface area contributed by atoms with Crippen molar-refractivity contribution >= 4 is 24.0 Å². The molecule has 3 aliphatic rings. The molecule has 0 unspecified atom stereocenters. The molecule has 4 heteroatoms. The highest BCUT2D eigenvalue weighted by Crippen LogP contribution is 2.45. The first kappa shape index (κ1) is 19.7. The summed E-state index contributed by atoms with van der Waals surface area (Å²) in [7, 11) is 0. The van der Waals surface area contributed by atoms with E-state index in [0.29, 0.717) is 5.91 Å². The lowest BCUT2D eigenvalue weighted by Gasteiger charge is -2.56. The van der Waals surface area contributed by atoms with E-state index in [1.54, 1.807) is 0 Å². The summed E-state index contributed by atoms with van der Waals surface area (Å²) in [5, 5.41) is 0. The van der Waals surface area contributed by atoms with Crippen molar-refractivity contribution in [1.29, 1.82) is 0 Å². The van der Waals surface area contributed by atoms with E-state index in [-0.39, 0.29) is 17.9 Å². The molecule has 4 rings (SSSR count). The van der Waals surface area contributed by atoms with E-state index in [2.05, 4.69) is 35.8 Å². The van der Waals surface area contributed by atoms with Crippen molar-refractivity contribution in [3.63, 3.8) is 0 Å². The Morgan fingerprint density at radius 3 is 2.15 bits per heavy atom. The molecule has 2 aliphatic heterocycles. The van der Waals surface area contributed by atoms with Gasteiger partial charge in [0.15, 0.2) is 0 Å². The Morgan fingerprint density at radius 2 is 1.62 bits per heavy atom. The quantitative estimate of drug-likeness (QED) is 0.701. The number of likely N-dealkylation sites (tertiary alicyclic amines) is 1. The average Bonchev–Trinajstić information content (AvgIpc) is 2.63. The van der Waals surface area contributed by atoms with Crippen molar-refractivity contribution in [1.82, 2.24) is 4.90 Å². The Morgan fingerprint density at radius 1 is 1.00 bits per heavy atom. The summed E-state index contributed by atoms with van der Waals surface area (Å²) in [5.41, 5.74) is 1.19. The molecule has 1 spiro atoms. The van der Waals surface area contributed by atoms with Crippen LogP contribution < -0.4 is 4.90 Å². The summed E-state index contributed by atoms with van der Waals surface area (Å²) in [4.78, 5) is 17.1. The van der Waals surface area contributed by atoms with Crippen LogP contribution in [0.2, 0.25) is 0 Å². The summed E-state index contributed by atoms with van der Waals surface area (Å²) in [5.74, 6) is 2.08. The van der Waals surface area contributed by atoms with Gasteiger partial charge in [-0.05, 0) is 62.5 Å². The van der Waals surface area contributed by atoms with Crippen LogP contribution in [-0.2, 0) is 4.79 Å². The van der Waals surface area contributed by atoms with Gasteiger partial charge in [0.1, 0.15) is 0 Å². The minimum absolute atomic E-state index is 0. The number of para-hydroxylation sites is 1. The maximum atomic E-state index is 12.3. The van der Waals surface area contributed by atoms with Gasteiger partial charge in [-0.2, -0.15) is 0 Å². The van der Waals surface area contributed by atoms with Gasteiger partial charge < -0.3 is 9.80 Å². The van der Waals surface area contributed by atoms with Crippen molar-refractivity contribution in [2.75, 3.05) is 18.0 Å². The second-order valence-corrected chi connectivity index (χ2v) is 8.81. The molecule has 0 radical (unpaired) electrons. The van der Waals surface area contributed by atoms with Gasteiger partial charge in [0, 0.05) is 24.8 Å². The highest BCUT2D eigenvalue weighted by molar-refractivity contribution is 6.02. The third-order valence-corrected chi connectivity index (χ3v) is 7.15. The molecule has 1 amide bonds. The minimum atomic E-state index is 0. The van der Waals surface area contributed by atoms with Crippen molar-refractivity contribution in [3.8, 4) is 0 Å². The topological polar surface area (TPSA) is 23.6 Å². The first-order chi connectivity index (χ1) is 12.1. The molecule has 2 heterocycles. The number of hydrogen-bond acceptors (Lipinski definition) is 2. The zero-order valence-corrected chi connectivity index (χ0v) is 17.0. The molecular weight excluding hydrogens is 344 g/mol. The van der Waals surface area contributed by atoms with E-state index < -0.39 is 0 Å². The molecule has 0 bridgehead atoms. The van der Waals surface area contributed by atoms with Crippen LogP contribution in [-0.4, -0.2) is 35.5 Å². The summed E-state index contributed by atoms with van der Waals surface area (Å²) in [6.07, 6.45) is 8.57. The molecule has 0 aromatic heterocycles. The third-order valence-electron chi connectivity index (χ3n) is 7.15. The first-order valence-electron chi connectivity index (χ1n) is 10.2. The Kier molecular flexibility index (Phi) is 5.98. The van der Waals surface area contributed by atoms with E-state index in [1.807, 2.05) is 18.2 Å². The van der Waals surface area contributed by atoms with Crippen molar-refractivity contribution in [2.45, 2.75) is 70.4 Å². The number of carbonyl (C=O) groups is 1. The monoisotopic (exact) mass is 376 g/mol. The predicted molar refractivity (Wildman–Crippen MR) is 110 cm³/mol. The number of piperidine rings is 1. The minimum Gasteiger partial charge on any atom is -0.306 e. The normalized spacial score (nSPS) is 28.7. The van der Waals surface area contributed by atoms with Crippen LogP contribution in [0.3, 0.4) is 0 Å². The number of nitrogens with zero attached hydrogens (tertiary/aromatic N) is 2. The molecule has 144 valence electrons. The second-order valence-electron chi connectivity index (χ2n) is 8.81. The summed E-state index contributed by atoms with van der Waals surface area (Å²) in [6.45, 7) is 7.07. The summed E-state index contributed by atoms with van der Waals surface area (Å²) >= 11 is 0. The zero-order chi connectivity index (χ0) is 17.4. The first-order valence-corrected chi connectivity index (χ1v) is 10.2. The molecule has 1 saturated carbocycles. The predicted octanol–water partition coefficient (Wildman–Crippen LogP) is 4.89. The zero-order valence-electron chi connectivity index (χ0n) is 16.2. The maximum Gasteiger partial charge on any atom is 0.229 e. The van der Waals surface area contributed by atoms with Gasteiger partial charge in [-0.3, -0.25) is 4.79 Å². The molecule has 0 atom stereocenters. The van der Waals surface area contributed by atoms with E-state index in [9.17, 15) is 4.79 Å². The van der Waals surface area contributed by atoms with E-state index in [1.165, 1.54) is 25.7 Å². The van der Waals surface area contributed by atoms with Crippen molar-refractivity contribution in [2.24, 2.45) is 11.8 Å². The van der Waals surface area contributed by atoms with Crippen LogP contribution in [0.1, 0.15) is 58.8 Å². The van der Waals surface area contributed by atoms with Crippen LogP contribution in [0, 0.1) is 11.8 Å².